The van der Waals surface area contributed by atoms with Crippen LogP contribution >= 0.6 is 0 Å². The van der Waals surface area contributed by atoms with Crippen molar-refractivity contribution in [2.75, 3.05) is 39.9 Å². The van der Waals surface area contributed by atoms with Crippen molar-refractivity contribution in [1.82, 2.24) is 15.2 Å². The summed E-state index contributed by atoms with van der Waals surface area (Å²) >= 11 is 0. The Labute approximate surface area is 185 Å². The third-order valence-corrected chi connectivity index (χ3v) is 5.52. The van der Waals surface area contributed by atoms with E-state index in [2.05, 4.69) is 15.2 Å². The summed E-state index contributed by atoms with van der Waals surface area (Å²) in [5.74, 6) is 1.29. The van der Waals surface area contributed by atoms with Crippen molar-refractivity contribution in [2.24, 2.45) is 0 Å². The van der Waals surface area contributed by atoms with Crippen LogP contribution in [0.1, 0.15) is 29.8 Å². The van der Waals surface area contributed by atoms with Crippen LogP contribution in [-0.4, -0.2) is 72.2 Å². The van der Waals surface area contributed by atoms with E-state index in [1.54, 1.807) is 7.11 Å². The number of hydrogen-bond donors (Lipinski definition) is 3. The van der Waals surface area contributed by atoms with Gasteiger partial charge in [-0.3, -0.25) is 4.98 Å². The van der Waals surface area contributed by atoms with Crippen LogP contribution in [-0.2, 0) is 13.0 Å². The minimum Gasteiger partial charge on any atom is -0.493 e. The van der Waals surface area contributed by atoms with E-state index in [1.165, 1.54) is 0 Å². The standard InChI is InChI=1S/C24H35N3O4/c1-18-4-3-5-20(26-18)8-11-25-15-19-6-7-23(24(14-19)30-2)31-17-22(29)16-27-12-9-21(28)10-13-27/h3-7,14,21-22,25,28-29H,8-13,15-17H2,1-2H3/t22-/m1/s1. The normalized spacial score (nSPS) is 16.3. The first kappa shape index (κ1) is 23.5. The zero-order chi connectivity index (χ0) is 22.1. The number of hydrogen-bond acceptors (Lipinski definition) is 7. The van der Waals surface area contributed by atoms with Gasteiger partial charge < -0.3 is 29.9 Å². The molecule has 1 aliphatic heterocycles. The summed E-state index contributed by atoms with van der Waals surface area (Å²) in [7, 11) is 1.62. The first-order chi connectivity index (χ1) is 15.0. The molecule has 1 aromatic heterocycles. The highest BCUT2D eigenvalue weighted by atomic mass is 16.5. The predicted octanol–water partition coefficient (Wildman–Crippen LogP) is 1.93. The monoisotopic (exact) mass is 429 g/mol. The van der Waals surface area contributed by atoms with Gasteiger partial charge in [0.2, 0.25) is 0 Å². The molecule has 0 radical (unpaired) electrons. The Hall–Kier alpha value is -2.19. The lowest BCUT2D eigenvalue weighted by molar-refractivity contribution is 0.0333. The summed E-state index contributed by atoms with van der Waals surface area (Å²) in [6.45, 7) is 5.95. The Bertz CT molecular complexity index is 809. The molecule has 1 atom stereocenters. The van der Waals surface area contributed by atoms with Crippen molar-refractivity contribution >= 4 is 0 Å². The number of benzene rings is 1. The molecule has 7 nitrogen and oxygen atoms in total. The molecule has 31 heavy (non-hydrogen) atoms. The Balaban J connectivity index is 1.42. The van der Waals surface area contributed by atoms with Crippen LogP contribution in [0.15, 0.2) is 36.4 Å². The Morgan fingerprint density at radius 1 is 1.19 bits per heavy atom. The molecule has 2 aromatic rings. The molecule has 3 N–H and O–H groups in total. The Morgan fingerprint density at radius 3 is 2.74 bits per heavy atom. The largest absolute Gasteiger partial charge is 0.493 e. The third kappa shape index (κ3) is 7.78. The number of aliphatic hydroxyl groups is 2. The van der Waals surface area contributed by atoms with E-state index in [0.29, 0.717) is 18.0 Å². The topological polar surface area (TPSA) is 87.1 Å². The van der Waals surface area contributed by atoms with Crippen LogP contribution in [0.5, 0.6) is 11.5 Å². The fourth-order valence-electron chi connectivity index (χ4n) is 3.77. The van der Waals surface area contributed by atoms with E-state index in [-0.39, 0.29) is 12.7 Å². The minimum atomic E-state index is -0.587. The second-order valence-corrected chi connectivity index (χ2v) is 8.18. The van der Waals surface area contributed by atoms with Crippen LogP contribution in [0.25, 0.3) is 0 Å². The predicted molar refractivity (Wildman–Crippen MR) is 121 cm³/mol. The number of aryl methyl sites for hydroxylation is 1. The van der Waals surface area contributed by atoms with Gasteiger partial charge in [0.05, 0.1) is 13.2 Å². The van der Waals surface area contributed by atoms with Gasteiger partial charge in [-0.1, -0.05) is 12.1 Å². The molecule has 0 unspecified atom stereocenters. The summed E-state index contributed by atoms with van der Waals surface area (Å²) in [5, 5.41) is 23.3. The number of likely N-dealkylation sites (tertiary alicyclic amines) is 1. The van der Waals surface area contributed by atoms with Gasteiger partial charge in [0.15, 0.2) is 11.5 Å². The highest BCUT2D eigenvalue weighted by Crippen LogP contribution is 2.28. The van der Waals surface area contributed by atoms with E-state index >= 15 is 0 Å². The molecule has 0 bridgehead atoms. The van der Waals surface area contributed by atoms with Crippen LogP contribution in [0.4, 0.5) is 0 Å². The first-order valence-corrected chi connectivity index (χ1v) is 11.0. The number of piperidine rings is 1. The van der Waals surface area contributed by atoms with Crippen LogP contribution < -0.4 is 14.8 Å². The van der Waals surface area contributed by atoms with Crippen LogP contribution in [0.3, 0.4) is 0 Å². The number of rotatable bonds is 11. The summed E-state index contributed by atoms with van der Waals surface area (Å²) < 4.78 is 11.3. The van der Waals surface area contributed by atoms with Gasteiger partial charge in [0.1, 0.15) is 12.7 Å². The van der Waals surface area contributed by atoms with E-state index in [0.717, 1.165) is 62.4 Å². The lowest BCUT2D eigenvalue weighted by Gasteiger charge is -2.30. The quantitative estimate of drug-likeness (QED) is 0.471. The highest BCUT2D eigenvalue weighted by molar-refractivity contribution is 5.43. The van der Waals surface area contributed by atoms with Crippen LogP contribution in [0.2, 0.25) is 0 Å². The maximum Gasteiger partial charge on any atom is 0.161 e. The highest BCUT2D eigenvalue weighted by Gasteiger charge is 2.20. The number of aliphatic hydroxyl groups excluding tert-OH is 2. The summed E-state index contributed by atoms with van der Waals surface area (Å²) in [6.07, 6.45) is 1.61. The molecule has 3 rings (SSSR count). The van der Waals surface area contributed by atoms with Gasteiger partial charge in [-0.15, -0.1) is 0 Å². The van der Waals surface area contributed by atoms with E-state index in [1.807, 2.05) is 43.3 Å². The molecule has 1 fully saturated rings. The Kier molecular flexibility index (Phi) is 9.09. The molecule has 0 amide bonds. The third-order valence-electron chi connectivity index (χ3n) is 5.52. The van der Waals surface area contributed by atoms with Gasteiger partial charge >= 0.3 is 0 Å². The first-order valence-electron chi connectivity index (χ1n) is 11.0. The summed E-state index contributed by atoms with van der Waals surface area (Å²) in [4.78, 5) is 6.69. The summed E-state index contributed by atoms with van der Waals surface area (Å²) in [6, 6.07) is 12.0. The number of nitrogens with one attached hydrogen (secondary N) is 1. The summed E-state index contributed by atoms with van der Waals surface area (Å²) in [5.41, 5.74) is 3.24. The number of nitrogens with zero attached hydrogens (tertiary/aromatic N) is 2. The van der Waals surface area contributed by atoms with Crippen molar-refractivity contribution in [3.8, 4) is 11.5 Å². The van der Waals surface area contributed by atoms with Gasteiger partial charge in [-0.05, 0) is 49.6 Å². The molecular formula is C24H35N3O4. The molecule has 0 spiro atoms. The molecule has 1 aliphatic rings. The van der Waals surface area contributed by atoms with Gasteiger partial charge in [-0.25, -0.2) is 0 Å². The molecule has 0 saturated carbocycles. The number of ether oxygens (including phenoxy) is 2. The van der Waals surface area contributed by atoms with E-state index < -0.39 is 6.10 Å². The number of pyridine rings is 1. The van der Waals surface area contributed by atoms with Crippen LogP contribution in [0, 0.1) is 6.92 Å². The van der Waals surface area contributed by atoms with Crippen molar-refractivity contribution < 1.29 is 19.7 Å². The maximum absolute atomic E-state index is 10.3. The zero-order valence-corrected chi connectivity index (χ0v) is 18.6. The number of methoxy groups -OCH3 is 1. The number of aromatic nitrogens is 1. The van der Waals surface area contributed by atoms with Gasteiger partial charge in [0, 0.05) is 50.5 Å². The van der Waals surface area contributed by atoms with Gasteiger partial charge in [-0.2, -0.15) is 0 Å². The van der Waals surface area contributed by atoms with Crippen molar-refractivity contribution in [1.29, 1.82) is 0 Å². The van der Waals surface area contributed by atoms with Crippen molar-refractivity contribution in [3.05, 3.63) is 53.3 Å². The SMILES string of the molecule is COc1cc(CNCCc2cccc(C)n2)ccc1OC[C@H](O)CN1CCC(O)CC1. The fraction of sp³-hybridized carbons (Fsp3) is 0.542. The molecule has 0 aliphatic carbocycles. The lowest BCUT2D eigenvalue weighted by atomic mass is 10.1. The second kappa shape index (κ2) is 12.0. The smallest absolute Gasteiger partial charge is 0.161 e. The minimum absolute atomic E-state index is 0.205. The average Bonchev–Trinajstić information content (AvgIpc) is 2.77. The molecule has 7 heteroatoms. The van der Waals surface area contributed by atoms with Gasteiger partial charge in [0.25, 0.3) is 0 Å². The molecule has 170 valence electrons. The van der Waals surface area contributed by atoms with E-state index in [4.69, 9.17) is 9.47 Å². The fourth-order valence-corrected chi connectivity index (χ4v) is 3.77. The van der Waals surface area contributed by atoms with E-state index in [9.17, 15) is 10.2 Å². The number of β-amino-alcohol motifs (C(OH)–C–C–N with tert-alkyl or cyclic N) is 1. The van der Waals surface area contributed by atoms with Crippen molar-refractivity contribution in [2.45, 2.75) is 44.9 Å². The molecule has 1 aromatic carbocycles. The molecular weight excluding hydrogens is 394 g/mol. The maximum atomic E-state index is 10.3. The molecule has 2 heterocycles. The average molecular weight is 430 g/mol. The van der Waals surface area contributed by atoms with Crippen molar-refractivity contribution in [3.63, 3.8) is 0 Å². The second-order valence-electron chi connectivity index (χ2n) is 8.18. The molecule has 1 saturated heterocycles. The zero-order valence-electron chi connectivity index (χ0n) is 18.6. The lowest BCUT2D eigenvalue weighted by Crippen LogP contribution is -2.41. The Morgan fingerprint density at radius 2 is 2.00 bits per heavy atom.